The van der Waals surface area contributed by atoms with Gasteiger partial charge in [0.05, 0.1) is 6.34 Å². The molecule has 4 nitrogen and oxygen atoms in total. The van der Waals surface area contributed by atoms with Crippen molar-refractivity contribution < 1.29 is 0 Å². The van der Waals surface area contributed by atoms with Crippen LogP contribution in [0.2, 0.25) is 0 Å². The molecular formula is C10H14N4S3. The molecule has 1 aromatic rings. The van der Waals surface area contributed by atoms with Crippen molar-refractivity contribution in [2.24, 2.45) is 4.99 Å². The van der Waals surface area contributed by atoms with Gasteiger partial charge in [0.25, 0.3) is 0 Å². The molecule has 0 aromatic carbocycles. The van der Waals surface area contributed by atoms with Crippen LogP contribution in [-0.4, -0.2) is 40.1 Å². The van der Waals surface area contributed by atoms with Crippen molar-refractivity contribution in [1.29, 1.82) is 0 Å². The molecule has 0 bridgehead atoms. The summed E-state index contributed by atoms with van der Waals surface area (Å²) < 4.78 is 0.816. The van der Waals surface area contributed by atoms with Crippen LogP contribution in [0, 0.1) is 0 Å². The van der Waals surface area contributed by atoms with Crippen LogP contribution in [0.1, 0.15) is 0 Å². The van der Waals surface area contributed by atoms with Crippen molar-refractivity contribution in [2.45, 2.75) is 5.50 Å². The van der Waals surface area contributed by atoms with Crippen LogP contribution >= 0.6 is 33.8 Å². The lowest BCUT2D eigenvalue weighted by Crippen LogP contribution is -2.21. The summed E-state index contributed by atoms with van der Waals surface area (Å²) in [4.78, 5) is 9.90. The molecule has 1 aliphatic heterocycles. The molecule has 1 aromatic heterocycles. The highest BCUT2D eigenvalue weighted by molar-refractivity contribution is 8.84. The molecule has 1 atom stereocenters. The third-order valence-electron chi connectivity index (χ3n) is 1.46. The molecule has 1 unspecified atom stereocenters. The van der Waals surface area contributed by atoms with Crippen LogP contribution in [-0.2, 0) is 0 Å². The fourth-order valence-electron chi connectivity index (χ4n) is 0.807. The molecule has 0 radical (unpaired) electrons. The van der Waals surface area contributed by atoms with E-state index in [0.717, 1.165) is 4.32 Å². The quantitative estimate of drug-likeness (QED) is 0.389. The summed E-state index contributed by atoms with van der Waals surface area (Å²) >= 11 is 4.92. The first kappa shape index (κ1) is 14.3. The smallest absolute Gasteiger partial charge is 0.179 e. The second kappa shape index (κ2) is 8.32. The zero-order valence-electron chi connectivity index (χ0n) is 9.61. The number of nitrogens with zero attached hydrogens (tertiary/aromatic N) is 3. The molecule has 1 N–H and O–H groups in total. The molecule has 7 heteroatoms. The molecule has 0 amide bonds. The van der Waals surface area contributed by atoms with Crippen LogP contribution in [0.5, 0.6) is 0 Å². The number of aromatic nitrogens is 1. The number of hydrogen-bond acceptors (Lipinski definition) is 5. The zero-order chi connectivity index (χ0) is 12.5. The first-order chi connectivity index (χ1) is 8.18. The van der Waals surface area contributed by atoms with E-state index in [-0.39, 0.29) is 5.50 Å². The highest BCUT2D eigenvalue weighted by atomic mass is 33.1. The van der Waals surface area contributed by atoms with Gasteiger partial charge in [-0.1, -0.05) is 18.3 Å². The number of thiocarbonyl (C=S) groups is 1. The third-order valence-corrected chi connectivity index (χ3v) is 4.26. The number of aliphatic imine (C=N–C) groups is 1. The SMILES string of the molecule is CN(C)C=NC1NC(=S)SS1.c1ccncc1. The number of pyridine rings is 1. The Morgan fingerprint density at radius 1 is 1.41 bits per heavy atom. The highest BCUT2D eigenvalue weighted by Gasteiger charge is 2.17. The van der Waals surface area contributed by atoms with Crippen LogP contribution in [0.3, 0.4) is 0 Å². The minimum absolute atomic E-state index is 0.0925. The van der Waals surface area contributed by atoms with E-state index in [4.69, 9.17) is 12.2 Å². The summed E-state index contributed by atoms with van der Waals surface area (Å²) in [6, 6.07) is 5.72. The molecule has 1 saturated heterocycles. The number of rotatable bonds is 2. The van der Waals surface area contributed by atoms with Gasteiger partial charge < -0.3 is 10.2 Å². The maximum Gasteiger partial charge on any atom is 0.179 e. The molecule has 1 aliphatic rings. The first-order valence-corrected chi connectivity index (χ1v) is 7.49. The highest BCUT2D eigenvalue weighted by Crippen LogP contribution is 2.33. The fraction of sp³-hybridized carbons (Fsp3) is 0.300. The summed E-state index contributed by atoms with van der Waals surface area (Å²) in [7, 11) is 7.07. The summed E-state index contributed by atoms with van der Waals surface area (Å²) in [5, 5.41) is 3.04. The number of nitrogens with one attached hydrogen (secondary N) is 1. The van der Waals surface area contributed by atoms with E-state index in [0.29, 0.717) is 0 Å². The molecule has 2 rings (SSSR count). The van der Waals surface area contributed by atoms with Gasteiger partial charge in [0.15, 0.2) is 5.50 Å². The summed E-state index contributed by atoms with van der Waals surface area (Å²) in [6.07, 6.45) is 5.28. The maximum absolute atomic E-state index is 4.92. The fourth-order valence-corrected chi connectivity index (χ4v) is 3.00. The first-order valence-electron chi connectivity index (χ1n) is 4.87. The predicted octanol–water partition coefficient (Wildman–Crippen LogP) is 2.21. The van der Waals surface area contributed by atoms with Gasteiger partial charge in [-0.25, -0.2) is 4.99 Å². The topological polar surface area (TPSA) is 40.5 Å². The Labute approximate surface area is 115 Å². The monoisotopic (exact) mass is 286 g/mol. The lowest BCUT2D eigenvalue weighted by molar-refractivity contribution is 0.635. The Bertz CT molecular complexity index is 329. The Hall–Kier alpha value is -0.790. The second-order valence-corrected chi connectivity index (χ2v) is 6.17. The lowest BCUT2D eigenvalue weighted by atomic mass is 10.5. The van der Waals surface area contributed by atoms with E-state index >= 15 is 0 Å². The van der Waals surface area contributed by atoms with Gasteiger partial charge in [0.2, 0.25) is 0 Å². The molecule has 2 heterocycles. The average molecular weight is 286 g/mol. The van der Waals surface area contributed by atoms with E-state index in [2.05, 4.69) is 15.3 Å². The van der Waals surface area contributed by atoms with E-state index in [9.17, 15) is 0 Å². The number of hydrogen-bond donors (Lipinski definition) is 1. The van der Waals surface area contributed by atoms with Crippen molar-refractivity contribution in [2.75, 3.05) is 14.1 Å². The van der Waals surface area contributed by atoms with Crippen molar-refractivity contribution in [3.8, 4) is 0 Å². The standard InChI is InChI=1S/C5H9N3S3.C5H5N/c1-8(2)3-6-4-7-5(9)11-10-4;1-2-4-6-5-3-1/h3-4H,1-2H3,(H,7,9);1-5H. The second-order valence-electron chi connectivity index (χ2n) is 3.22. The normalized spacial score (nSPS) is 18.5. The molecular weight excluding hydrogens is 272 g/mol. The minimum Gasteiger partial charge on any atom is -0.369 e. The van der Waals surface area contributed by atoms with Gasteiger partial charge in [-0.05, 0) is 33.7 Å². The molecule has 0 spiro atoms. The van der Waals surface area contributed by atoms with Crippen LogP contribution < -0.4 is 5.32 Å². The van der Waals surface area contributed by atoms with Gasteiger partial charge in [0, 0.05) is 26.5 Å². The largest absolute Gasteiger partial charge is 0.369 e. The van der Waals surface area contributed by atoms with E-state index in [1.165, 1.54) is 0 Å². The van der Waals surface area contributed by atoms with Crippen molar-refractivity contribution >= 4 is 44.5 Å². The molecule has 92 valence electrons. The molecule has 0 aliphatic carbocycles. The van der Waals surface area contributed by atoms with E-state index in [1.54, 1.807) is 40.3 Å². The minimum atomic E-state index is 0.0925. The van der Waals surface area contributed by atoms with Crippen molar-refractivity contribution in [3.63, 3.8) is 0 Å². The summed E-state index contributed by atoms with van der Waals surface area (Å²) in [5.74, 6) is 0. The van der Waals surface area contributed by atoms with Crippen molar-refractivity contribution in [3.05, 3.63) is 30.6 Å². The van der Waals surface area contributed by atoms with Gasteiger partial charge in [-0.3, -0.25) is 4.98 Å². The summed E-state index contributed by atoms with van der Waals surface area (Å²) in [5.41, 5.74) is 0.0925. The van der Waals surface area contributed by atoms with E-state index in [1.807, 2.05) is 37.2 Å². The summed E-state index contributed by atoms with van der Waals surface area (Å²) in [6.45, 7) is 0. The Morgan fingerprint density at radius 3 is 2.47 bits per heavy atom. The zero-order valence-corrected chi connectivity index (χ0v) is 12.1. The van der Waals surface area contributed by atoms with Crippen LogP contribution in [0.15, 0.2) is 35.6 Å². The van der Waals surface area contributed by atoms with Crippen LogP contribution in [0.25, 0.3) is 0 Å². The van der Waals surface area contributed by atoms with E-state index < -0.39 is 0 Å². The average Bonchev–Trinajstić information content (AvgIpc) is 2.76. The van der Waals surface area contributed by atoms with Gasteiger partial charge in [-0.15, -0.1) is 0 Å². The predicted molar refractivity (Wildman–Crippen MR) is 81.1 cm³/mol. The molecule has 1 fully saturated rings. The Balaban J connectivity index is 0.000000202. The Kier molecular flexibility index (Phi) is 6.99. The van der Waals surface area contributed by atoms with Gasteiger partial charge in [0.1, 0.15) is 4.32 Å². The van der Waals surface area contributed by atoms with Gasteiger partial charge in [-0.2, -0.15) is 0 Å². The lowest BCUT2D eigenvalue weighted by Gasteiger charge is -2.05. The van der Waals surface area contributed by atoms with Crippen LogP contribution in [0.4, 0.5) is 0 Å². The molecule has 17 heavy (non-hydrogen) atoms. The Morgan fingerprint density at radius 2 is 2.12 bits per heavy atom. The maximum atomic E-state index is 4.92. The van der Waals surface area contributed by atoms with Gasteiger partial charge >= 0.3 is 0 Å². The molecule has 0 saturated carbocycles. The third kappa shape index (κ3) is 7.19. The van der Waals surface area contributed by atoms with Crippen molar-refractivity contribution in [1.82, 2.24) is 15.2 Å².